The Bertz CT molecular complexity index is 682. The first-order chi connectivity index (χ1) is 9.54. The maximum absolute atomic E-state index is 4.53. The van der Waals surface area contributed by atoms with Crippen molar-refractivity contribution in [2.75, 3.05) is 0 Å². The molecule has 2 heterocycles. The average Bonchev–Trinajstić information content (AvgIpc) is 2.92. The highest BCUT2D eigenvalue weighted by Gasteiger charge is 2.09. The number of H-pyrrole nitrogens is 2. The van der Waals surface area contributed by atoms with E-state index < -0.39 is 0 Å². The van der Waals surface area contributed by atoms with E-state index in [4.69, 9.17) is 0 Å². The Morgan fingerprint density at radius 1 is 0.650 bits per heavy atom. The minimum absolute atomic E-state index is 0.945. The third-order valence-electron chi connectivity index (χ3n) is 3.44. The number of aromatic amines is 2. The van der Waals surface area contributed by atoms with Crippen molar-refractivity contribution in [1.82, 2.24) is 19.9 Å². The summed E-state index contributed by atoms with van der Waals surface area (Å²) in [5.74, 6) is 1.89. The van der Waals surface area contributed by atoms with Gasteiger partial charge in [0.05, 0.1) is 11.4 Å². The molecule has 0 aliphatic rings. The number of hydrogen-bond donors (Lipinski definition) is 2. The van der Waals surface area contributed by atoms with Gasteiger partial charge in [0, 0.05) is 22.5 Å². The fourth-order valence-electron chi connectivity index (χ4n) is 2.57. The summed E-state index contributed by atoms with van der Waals surface area (Å²) in [6.07, 6.45) is 0. The average molecular weight is 266 g/mol. The van der Waals surface area contributed by atoms with Crippen molar-refractivity contribution in [3.8, 4) is 22.5 Å². The van der Waals surface area contributed by atoms with E-state index in [0.717, 1.165) is 45.6 Å². The van der Waals surface area contributed by atoms with Gasteiger partial charge < -0.3 is 9.97 Å². The zero-order chi connectivity index (χ0) is 14.3. The van der Waals surface area contributed by atoms with Crippen molar-refractivity contribution in [2.45, 2.75) is 27.7 Å². The van der Waals surface area contributed by atoms with Crippen LogP contribution in [0.2, 0.25) is 0 Å². The Labute approximate surface area is 118 Å². The van der Waals surface area contributed by atoms with Gasteiger partial charge in [0.2, 0.25) is 0 Å². The molecule has 2 N–H and O–H groups in total. The lowest BCUT2D eigenvalue weighted by molar-refractivity contribution is 1.13. The molecule has 0 amide bonds. The largest absolute Gasteiger partial charge is 0.346 e. The highest BCUT2D eigenvalue weighted by Crippen LogP contribution is 2.26. The van der Waals surface area contributed by atoms with Crippen LogP contribution >= 0.6 is 0 Å². The number of nitrogens with zero attached hydrogens (tertiary/aromatic N) is 2. The minimum atomic E-state index is 0.945. The molecule has 4 nitrogen and oxygen atoms in total. The van der Waals surface area contributed by atoms with Crippen LogP contribution in [0.1, 0.15) is 23.0 Å². The summed E-state index contributed by atoms with van der Waals surface area (Å²) in [7, 11) is 0. The third kappa shape index (κ3) is 2.13. The lowest BCUT2D eigenvalue weighted by Crippen LogP contribution is -1.84. The van der Waals surface area contributed by atoms with Gasteiger partial charge in [-0.25, -0.2) is 9.97 Å². The molecule has 0 saturated heterocycles. The Morgan fingerprint density at radius 3 is 1.25 bits per heavy atom. The number of aryl methyl sites for hydroxylation is 4. The summed E-state index contributed by atoms with van der Waals surface area (Å²) in [5.41, 5.74) is 6.48. The predicted octanol–water partition coefficient (Wildman–Crippen LogP) is 3.70. The molecule has 3 rings (SSSR count). The SMILES string of the molecule is Cc1nc(-c2ccc(-c3nc(C)[nH]c3C)cc2)c(C)[nH]1. The standard InChI is InChI=1S/C16H18N4/c1-9-15(19-11(3)17-9)13-5-7-14(8-6-13)16-10(2)18-12(4)20-16/h5-8H,1-4H3,(H,17,19)(H,18,20). The predicted molar refractivity (Wildman–Crippen MR) is 80.6 cm³/mol. The monoisotopic (exact) mass is 266 g/mol. The number of benzene rings is 1. The van der Waals surface area contributed by atoms with E-state index in [0.29, 0.717) is 0 Å². The second kappa shape index (κ2) is 4.63. The highest BCUT2D eigenvalue weighted by molar-refractivity contribution is 5.69. The Hall–Kier alpha value is -2.36. The van der Waals surface area contributed by atoms with Gasteiger partial charge in [-0.2, -0.15) is 0 Å². The van der Waals surface area contributed by atoms with Gasteiger partial charge in [0.15, 0.2) is 0 Å². The van der Waals surface area contributed by atoms with E-state index in [-0.39, 0.29) is 0 Å². The topological polar surface area (TPSA) is 57.4 Å². The van der Waals surface area contributed by atoms with Gasteiger partial charge in [-0.3, -0.25) is 0 Å². The molecule has 0 fully saturated rings. The summed E-state index contributed by atoms with van der Waals surface area (Å²) in [4.78, 5) is 15.5. The smallest absolute Gasteiger partial charge is 0.103 e. The Kier molecular flexibility index (Phi) is 2.93. The molecule has 2 aromatic heterocycles. The van der Waals surface area contributed by atoms with Gasteiger partial charge in [-0.05, 0) is 27.7 Å². The molecule has 0 spiro atoms. The van der Waals surface area contributed by atoms with Crippen LogP contribution in [0.25, 0.3) is 22.5 Å². The van der Waals surface area contributed by atoms with E-state index in [1.807, 2.05) is 27.7 Å². The number of imidazole rings is 2. The zero-order valence-electron chi connectivity index (χ0n) is 12.2. The lowest BCUT2D eigenvalue weighted by atomic mass is 10.1. The number of nitrogens with one attached hydrogen (secondary N) is 2. The maximum atomic E-state index is 4.53. The van der Waals surface area contributed by atoms with Crippen LogP contribution in [0.4, 0.5) is 0 Å². The normalized spacial score (nSPS) is 11.0. The first-order valence-electron chi connectivity index (χ1n) is 6.72. The first kappa shape index (κ1) is 12.7. The second-order valence-electron chi connectivity index (χ2n) is 5.17. The van der Waals surface area contributed by atoms with E-state index in [1.165, 1.54) is 0 Å². The van der Waals surface area contributed by atoms with Crippen LogP contribution in [0.3, 0.4) is 0 Å². The summed E-state index contributed by atoms with van der Waals surface area (Å²) in [6, 6.07) is 8.39. The third-order valence-corrected chi connectivity index (χ3v) is 3.44. The molecule has 0 aliphatic carbocycles. The van der Waals surface area contributed by atoms with Crippen molar-refractivity contribution in [3.05, 3.63) is 47.3 Å². The molecular formula is C16H18N4. The fraction of sp³-hybridized carbons (Fsp3) is 0.250. The molecule has 0 atom stereocenters. The fourth-order valence-corrected chi connectivity index (χ4v) is 2.57. The summed E-state index contributed by atoms with van der Waals surface area (Å²) >= 11 is 0. The van der Waals surface area contributed by atoms with Crippen molar-refractivity contribution in [1.29, 1.82) is 0 Å². The Balaban J connectivity index is 1.99. The van der Waals surface area contributed by atoms with E-state index in [2.05, 4.69) is 44.2 Å². The van der Waals surface area contributed by atoms with E-state index in [9.17, 15) is 0 Å². The lowest BCUT2D eigenvalue weighted by Gasteiger charge is -2.02. The van der Waals surface area contributed by atoms with Crippen LogP contribution in [0, 0.1) is 27.7 Å². The molecule has 0 aliphatic heterocycles. The maximum Gasteiger partial charge on any atom is 0.103 e. The van der Waals surface area contributed by atoms with Gasteiger partial charge in [0.1, 0.15) is 11.6 Å². The Morgan fingerprint density at radius 2 is 1.00 bits per heavy atom. The second-order valence-corrected chi connectivity index (χ2v) is 5.17. The summed E-state index contributed by atoms with van der Waals surface area (Å²) in [5, 5.41) is 0. The van der Waals surface area contributed by atoms with E-state index in [1.54, 1.807) is 0 Å². The number of hydrogen-bond acceptors (Lipinski definition) is 2. The van der Waals surface area contributed by atoms with Gasteiger partial charge >= 0.3 is 0 Å². The molecule has 102 valence electrons. The number of rotatable bonds is 2. The van der Waals surface area contributed by atoms with Crippen LogP contribution in [-0.2, 0) is 0 Å². The first-order valence-corrected chi connectivity index (χ1v) is 6.72. The zero-order valence-corrected chi connectivity index (χ0v) is 12.2. The molecule has 20 heavy (non-hydrogen) atoms. The molecule has 1 aromatic carbocycles. The van der Waals surface area contributed by atoms with Gasteiger partial charge in [-0.1, -0.05) is 24.3 Å². The summed E-state index contributed by atoms with van der Waals surface area (Å²) in [6.45, 7) is 8.04. The molecular weight excluding hydrogens is 248 g/mol. The van der Waals surface area contributed by atoms with Gasteiger partial charge in [-0.15, -0.1) is 0 Å². The highest BCUT2D eigenvalue weighted by atomic mass is 14.9. The van der Waals surface area contributed by atoms with Crippen molar-refractivity contribution < 1.29 is 0 Å². The molecule has 0 radical (unpaired) electrons. The summed E-state index contributed by atoms with van der Waals surface area (Å²) < 4.78 is 0. The van der Waals surface area contributed by atoms with Crippen LogP contribution in [0.15, 0.2) is 24.3 Å². The number of aromatic nitrogens is 4. The van der Waals surface area contributed by atoms with Crippen molar-refractivity contribution >= 4 is 0 Å². The van der Waals surface area contributed by atoms with Crippen LogP contribution < -0.4 is 0 Å². The van der Waals surface area contributed by atoms with Crippen LogP contribution in [0.5, 0.6) is 0 Å². The molecule has 4 heteroatoms. The van der Waals surface area contributed by atoms with E-state index >= 15 is 0 Å². The molecule has 0 bridgehead atoms. The van der Waals surface area contributed by atoms with Crippen LogP contribution in [-0.4, -0.2) is 19.9 Å². The minimum Gasteiger partial charge on any atom is -0.346 e. The quantitative estimate of drug-likeness (QED) is 0.743. The van der Waals surface area contributed by atoms with Crippen molar-refractivity contribution in [2.24, 2.45) is 0 Å². The molecule has 0 saturated carbocycles. The molecule has 0 unspecified atom stereocenters. The van der Waals surface area contributed by atoms with Gasteiger partial charge in [0.25, 0.3) is 0 Å². The molecule has 3 aromatic rings. The van der Waals surface area contributed by atoms with Crippen molar-refractivity contribution in [3.63, 3.8) is 0 Å².